The quantitative estimate of drug-likeness (QED) is 0.855. The normalized spacial score (nSPS) is 20.6. The fraction of sp³-hybridized carbons (Fsp3) is 0.462. The lowest BCUT2D eigenvalue weighted by Gasteiger charge is -2.31. The molecule has 1 atom stereocenters. The van der Waals surface area contributed by atoms with E-state index in [2.05, 4.69) is 0 Å². The first-order valence-electron chi connectivity index (χ1n) is 6.21. The van der Waals surface area contributed by atoms with Crippen molar-refractivity contribution in [3.8, 4) is 6.07 Å². The number of halogens is 1. The number of nitrogens with zero attached hydrogens (tertiary/aromatic N) is 2. The molecule has 0 aromatic heterocycles. The lowest BCUT2D eigenvalue weighted by atomic mass is 10.1. The first-order chi connectivity index (χ1) is 9.48. The van der Waals surface area contributed by atoms with Gasteiger partial charge in [-0.1, -0.05) is 11.6 Å². The molecule has 1 aromatic rings. The number of benzene rings is 1. The topological polar surface area (TPSA) is 70.4 Å². The molecule has 0 N–H and O–H groups in total. The summed E-state index contributed by atoms with van der Waals surface area (Å²) in [5.41, 5.74) is 0.336. The first-order valence-corrected chi connectivity index (χ1v) is 8.03. The van der Waals surface area contributed by atoms with Gasteiger partial charge in [0.25, 0.3) is 0 Å². The highest BCUT2D eigenvalue weighted by molar-refractivity contribution is 7.89. The van der Waals surface area contributed by atoms with Crippen molar-refractivity contribution in [2.24, 2.45) is 0 Å². The van der Waals surface area contributed by atoms with Crippen LogP contribution in [0.15, 0.2) is 23.1 Å². The second kappa shape index (κ2) is 6.10. The summed E-state index contributed by atoms with van der Waals surface area (Å²) < 4.78 is 31.8. The Morgan fingerprint density at radius 3 is 2.85 bits per heavy atom. The number of piperidine rings is 1. The average molecular weight is 315 g/mol. The molecule has 0 spiro atoms. The Morgan fingerprint density at radius 1 is 1.50 bits per heavy atom. The molecular weight excluding hydrogens is 300 g/mol. The van der Waals surface area contributed by atoms with Crippen LogP contribution in [0, 0.1) is 11.3 Å². The van der Waals surface area contributed by atoms with Crippen LogP contribution in [0.25, 0.3) is 0 Å². The molecule has 5 nitrogen and oxygen atoms in total. The zero-order chi connectivity index (χ0) is 14.8. The minimum atomic E-state index is -3.65. The van der Waals surface area contributed by atoms with Crippen molar-refractivity contribution >= 4 is 21.6 Å². The van der Waals surface area contributed by atoms with Gasteiger partial charge in [-0.25, -0.2) is 8.42 Å². The number of methoxy groups -OCH3 is 1. The molecule has 0 amide bonds. The number of hydrogen-bond donors (Lipinski definition) is 0. The summed E-state index contributed by atoms with van der Waals surface area (Å²) in [5.74, 6) is 0. The third kappa shape index (κ3) is 2.96. The van der Waals surface area contributed by atoms with Crippen LogP contribution in [0.3, 0.4) is 0 Å². The Bertz CT molecular complexity index is 640. The van der Waals surface area contributed by atoms with Crippen molar-refractivity contribution in [2.75, 3.05) is 20.2 Å². The molecule has 1 aliphatic rings. The molecule has 20 heavy (non-hydrogen) atoms. The first kappa shape index (κ1) is 15.3. The van der Waals surface area contributed by atoms with Crippen molar-refractivity contribution in [1.82, 2.24) is 4.31 Å². The highest BCUT2D eigenvalue weighted by atomic mass is 35.5. The van der Waals surface area contributed by atoms with Gasteiger partial charge in [0.2, 0.25) is 10.0 Å². The molecule has 108 valence electrons. The second-order valence-electron chi connectivity index (χ2n) is 4.62. The number of rotatable bonds is 3. The fourth-order valence-electron chi connectivity index (χ4n) is 2.23. The van der Waals surface area contributed by atoms with Gasteiger partial charge < -0.3 is 4.74 Å². The molecule has 0 aliphatic carbocycles. The van der Waals surface area contributed by atoms with Crippen LogP contribution in [-0.2, 0) is 14.8 Å². The van der Waals surface area contributed by atoms with E-state index in [-0.39, 0.29) is 16.0 Å². The smallest absolute Gasteiger partial charge is 0.244 e. The summed E-state index contributed by atoms with van der Waals surface area (Å²) >= 11 is 5.99. The summed E-state index contributed by atoms with van der Waals surface area (Å²) in [5, 5.41) is 8.86. The lowest BCUT2D eigenvalue weighted by Crippen LogP contribution is -2.42. The van der Waals surface area contributed by atoms with Gasteiger partial charge >= 0.3 is 0 Å². The van der Waals surface area contributed by atoms with Crippen LogP contribution in [0.5, 0.6) is 0 Å². The number of ether oxygens (including phenoxy) is 1. The average Bonchev–Trinajstić information content (AvgIpc) is 2.46. The maximum absolute atomic E-state index is 12.6. The SMILES string of the molecule is COC1CCCN(S(=O)(=O)c2ccc(C#N)cc2Cl)C1. The van der Waals surface area contributed by atoms with Crippen LogP contribution in [0.2, 0.25) is 5.02 Å². The van der Waals surface area contributed by atoms with Gasteiger partial charge in [0.1, 0.15) is 4.90 Å². The van der Waals surface area contributed by atoms with E-state index in [4.69, 9.17) is 21.6 Å². The molecule has 1 aromatic carbocycles. The number of hydrogen-bond acceptors (Lipinski definition) is 4. The highest BCUT2D eigenvalue weighted by Crippen LogP contribution is 2.28. The molecule has 7 heteroatoms. The Balaban J connectivity index is 2.33. The van der Waals surface area contributed by atoms with Crippen LogP contribution in [0.4, 0.5) is 0 Å². The third-order valence-corrected chi connectivity index (χ3v) is 5.70. The van der Waals surface area contributed by atoms with Gasteiger partial charge in [-0.3, -0.25) is 0 Å². The summed E-state index contributed by atoms with van der Waals surface area (Å²) in [7, 11) is -2.07. The van der Waals surface area contributed by atoms with Gasteiger partial charge in [0.05, 0.1) is 22.8 Å². The van der Waals surface area contributed by atoms with Gasteiger partial charge in [-0.05, 0) is 31.0 Å². The second-order valence-corrected chi connectivity index (χ2v) is 6.93. The zero-order valence-electron chi connectivity index (χ0n) is 11.0. The van der Waals surface area contributed by atoms with Crippen LogP contribution in [0.1, 0.15) is 18.4 Å². The number of nitriles is 1. The summed E-state index contributed by atoms with van der Waals surface area (Å²) in [6.45, 7) is 0.785. The van der Waals surface area contributed by atoms with E-state index >= 15 is 0 Å². The van der Waals surface area contributed by atoms with Crippen molar-refractivity contribution in [3.63, 3.8) is 0 Å². The molecule has 2 rings (SSSR count). The molecular formula is C13H15ClN2O3S. The molecule has 1 unspecified atom stereocenters. The standard InChI is InChI=1S/C13H15ClN2O3S/c1-19-11-3-2-6-16(9-11)20(17,18)13-5-4-10(8-15)7-12(13)14/h4-5,7,11H,2-3,6,9H2,1H3. The maximum atomic E-state index is 12.6. The van der Waals surface area contributed by atoms with Crippen molar-refractivity contribution < 1.29 is 13.2 Å². The van der Waals surface area contributed by atoms with E-state index in [1.54, 1.807) is 7.11 Å². The molecule has 0 saturated carbocycles. The van der Waals surface area contributed by atoms with Crippen molar-refractivity contribution in [2.45, 2.75) is 23.8 Å². The molecule has 0 radical (unpaired) electrons. The zero-order valence-corrected chi connectivity index (χ0v) is 12.6. The molecule has 1 heterocycles. The van der Waals surface area contributed by atoms with Crippen molar-refractivity contribution in [1.29, 1.82) is 5.26 Å². The van der Waals surface area contributed by atoms with Gasteiger partial charge in [-0.2, -0.15) is 9.57 Å². The van der Waals surface area contributed by atoms with Gasteiger partial charge in [0, 0.05) is 20.2 Å². The largest absolute Gasteiger partial charge is 0.380 e. The molecule has 1 aliphatic heterocycles. The maximum Gasteiger partial charge on any atom is 0.244 e. The van der Waals surface area contributed by atoms with Crippen LogP contribution < -0.4 is 0 Å². The predicted octanol–water partition coefficient (Wildman–Crippen LogP) is 2.01. The monoisotopic (exact) mass is 314 g/mol. The van der Waals surface area contributed by atoms with E-state index in [1.807, 2.05) is 6.07 Å². The van der Waals surface area contributed by atoms with E-state index < -0.39 is 10.0 Å². The predicted molar refractivity (Wildman–Crippen MR) is 75.0 cm³/mol. The Morgan fingerprint density at radius 2 is 2.25 bits per heavy atom. The molecule has 1 saturated heterocycles. The Hall–Kier alpha value is -1.13. The van der Waals surface area contributed by atoms with E-state index in [1.165, 1.54) is 22.5 Å². The lowest BCUT2D eigenvalue weighted by molar-refractivity contribution is 0.0572. The van der Waals surface area contributed by atoms with E-state index in [9.17, 15) is 8.42 Å². The van der Waals surface area contributed by atoms with Gasteiger partial charge in [0.15, 0.2) is 0 Å². The summed E-state index contributed by atoms with van der Waals surface area (Å²) in [6, 6.07) is 6.13. The number of sulfonamides is 1. The van der Waals surface area contributed by atoms with Gasteiger partial charge in [-0.15, -0.1) is 0 Å². The molecule has 0 bridgehead atoms. The third-order valence-electron chi connectivity index (χ3n) is 3.35. The summed E-state index contributed by atoms with van der Waals surface area (Å²) in [6.07, 6.45) is 1.52. The van der Waals surface area contributed by atoms with Crippen LogP contribution >= 0.6 is 11.6 Å². The van der Waals surface area contributed by atoms with Crippen LogP contribution in [-0.4, -0.2) is 39.0 Å². The minimum absolute atomic E-state index is 0.0370. The highest BCUT2D eigenvalue weighted by Gasteiger charge is 2.31. The molecule has 1 fully saturated rings. The van der Waals surface area contributed by atoms with Crippen molar-refractivity contribution in [3.05, 3.63) is 28.8 Å². The summed E-state index contributed by atoms with van der Waals surface area (Å²) in [4.78, 5) is 0.0370. The van der Waals surface area contributed by atoms with E-state index in [0.717, 1.165) is 12.8 Å². The Labute approximate surface area is 123 Å². The minimum Gasteiger partial charge on any atom is -0.380 e. The Kier molecular flexibility index (Phi) is 4.66. The van der Waals surface area contributed by atoms with E-state index in [0.29, 0.717) is 18.7 Å². The fourth-order valence-corrected chi connectivity index (χ4v) is 4.26.